The Labute approximate surface area is 722 Å². The van der Waals surface area contributed by atoms with E-state index < -0.39 is 0 Å². The van der Waals surface area contributed by atoms with E-state index in [4.69, 9.17) is 0 Å². The zero-order valence-electron chi connectivity index (χ0n) is 67.5. The molecular formula is C114H66N12. The van der Waals surface area contributed by atoms with Crippen molar-refractivity contribution in [3.63, 3.8) is 0 Å². The van der Waals surface area contributed by atoms with Gasteiger partial charge in [0.1, 0.15) is 18.2 Å². The molecule has 0 saturated heterocycles. The molecule has 0 aliphatic carbocycles. The van der Waals surface area contributed by atoms with Gasteiger partial charge in [-0.1, -0.05) is 218 Å². The molecule has 6 aromatic heterocycles. The summed E-state index contributed by atoms with van der Waals surface area (Å²) in [5, 5.41) is 72.2. The molecule has 0 bridgehead atoms. The number of fused-ring (bicyclic) bond motifs is 18. The lowest BCUT2D eigenvalue weighted by Gasteiger charge is -2.11. The number of rotatable bonds is 9. The second-order valence-electron chi connectivity index (χ2n) is 31.3. The average molecular weight is 1600 g/mol. The van der Waals surface area contributed by atoms with Gasteiger partial charge in [0.25, 0.3) is 0 Å². The van der Waals surface area contributed by atoms with Gasteiger partial charge in [0, 0.05) is 81.7 Å². The van der Waals surface area contributed by atoms with Crippen LogP contribution in [0.3, 0.4) is 0 Å². The Morgan fingerprint density at radius 3 is 0.714 bits per heavy atom. The first-order valence-corrected chi connectivity index (χ1v) is 41.5. The molecule has 0 unspecified atom stereocenters. The van der Waals surface area contributed by atoms with E-state index in [0.29, 0.717) is 33.4 Å². The normalized spacial score (nSPS) is 11.3. The maximum absolute atomic E-state index is 9.92. The quantitative estimate of drug-likeness (QED) is 0.139. The van der Waals surface area contributed by atoms with Crippen molar-refractivity contribution in [1.82, 2.24) is 27.4 Å². The fourth-order valence-corrected chi connectivity index (χ4v) is 19.2. The molecule has 6 heterocycles. The Morgan fingerprint density at radius 1 is 0.159 bits per heavy atom. The smallest absolute Gasteiger partial charge is 0.101 e. The Morgan fingerprint density at radius 2 is 0.389 bits per heavy atom. The highest BCUT2D eigenvalue weighted by atomic mass is 15.0. The van der Waals surface area contributed by atoms with Gasteiger partial charge in [-0.3, -0.25) is 0 Å². The van der Waals surface area contributed by atoms with Gasteiger partial charge >= 0.3 is 0 Å². The second-order valence-corrected chi connectivity index (χ2v) is 31.3. The largest absolute Gasteiger partial charge is 0.309 e. The van der Waals surface area contributed by atoms with E-state index in [9.17, 15) is 31.6 Å². The summed E-state index contributed by atoms with van der Waals surface area (Å²) in [6, 6.07) is 150. The van der Waals surface area contributed by atoms with E-state index in [1.54, 1.807) is 0 Å². The Bertz CT molecular complexity index is 8980. The Hall–Kier alpha value is -18.3. The van der Waals surface area contributed by atoms with Crippen molar-refractivity contribution in [3.8, 4) is 104 Å². The topological polar surface area (TPSA) is 172 Å². The summed E-state index contributed by atoms with van der Waals surface area (Å²) < 4.78 is 13.3. The lowest BCUT2D eigenvalue weighted by Crippen LogP contribution is -1.97. The molecule has 0 radical (unpaired) electrons. The van der Waals surface area contributed by atoms with E-state index in [1.165, 1.54) is 16.2 Å². The highest BCUT2D eigenvalue weighted by molar-refractivity contribution is 6.21. The average Bonchev–Trinajstić information content (AvgIpc) is 1.57. The molecule has 0 aliphatic heterocycles. The third kappa shape index (κ3) is 11.9. The molecule has 0 atom stereocenters. The fraction of sp³-hybridized carbons (Fsp3) is 0. The van der Waals surface area contributed by atoms with Crippen LogP contribution in [0.5, 0.6) is 0 Å². The molecule has 126 heavy (non-hydrogen) atoms. The number of nitriles is 6. The maximum Gasteiger partial charge on any atom is 0.101 e. The van der Waals surface area contributed by atoms with E-state index >= 15 is 0 Å². The van der Waals surface area contributed by atoms with E-state index in [0.717, 1.165) is 182 Å². The summed E-state index contributed by atoms with van der Waals surface area (Å²) in [6.07, 6.45) is 0. The first kappa shape index (κ1) is 74.0. The van der Waals surface area contributed by atoms with Crippen LogP contribution in [-0.2, 0) is 0 Å². The number of aromatic nitrogens is 6. The predicted molar refractivity (Wildman–Crippen MR) is 510 cm³/mol. The molecule has 24 rings (SSSR count). The zero-order chi connectivity index (χ0) is 84.6. The Balaban J connectivity index is 0.000000112. The Kier molecular flexibility index (Phi) is 17.9. The van der Waals surface area contributed by atoms with Gasteiger partial charge in [-0.05, 0) is 215 Å². The number of benzene rings is 18. The van der Waals surface area contributed by atoms with Crippen LogP contribution in [0, 0.1) is 68.0 Å². The van der Waals surface area contributed by atoms with Gasteiger partial charge in [-0.2, -0.15) is 31.6 Å². The number of hydrogen-bond donors (Lipinski definition) is 0. The van der Waals surface area contributed by atoms with Crippen LogP contribution in [0.1, 0.15) is 33.4 Å². The van der Waals surface area contributed by atoms with Gasteiger partial charge in [0.2, 0.25) is 0 Å². The predicted octanol–water partition coefficient (Wildman–Crippen LogP) is 27.9. The van der Waals surface area contributed by atoms with Crippen molar-refractivity contribution < 1.29 is 0 Å². The van der Waals surface area contributed by atoms with Gasteiger partial charge in [-0.15, -0.1) is 0 Å². The van der Waals surface area contributed by atoms with Crippen LogP contribution in [0.4, 0.5) is 0 Å². The van der Waals surface area contributed by atoms with E-state index in [2.05, 4.69) is 325 Å². The van der Waals surface area contributed by atoms with Crippen molar-refractivity contribution >= 4 is 131 Å². The third-order valence-corrected chi connectivity index (χ3v) is 24.5. The first-order valence-electron chi connectivity index (χ1n) is 41.5. The summed E-state index contributed by atoms with van der Waals surface area (Å²) in [5.74, 6) is 0. The zero-order valence-corrected chi connectivity index (χ0v) is 67.5. The second kappa shape index (κ2) is 30.5. The van der Waals surface area contributed by atoms with Crippen molar-refractivity contribution in [2.24, 2.45) is 0 Å². The number of hydrogen-bond acceptors (Lipinski definition) is 6. The third-order valence-electron chi connectivity index (χ3n) is 24.5. The van der Waals surface area contributed by atoms with Crippen LogP contribution in [0.2, 0.25) is 0 Å². The van der Waals surface area contributed by atoms with E-state index in [1.807, 2.05) is 140 Å². The van der Waals surface area contributed by atoms with E-state index in [-0.39, 0.29) is 0 Å². The van der Waals surface area contributed by atoms with Crippen LogP contribution in [-0.4, -0.2) is 27.4 Å². The minimum absolute atomic E-state index is 0.635. The summed E-state index contributed by atoms with van der Waals surface area (Å²) in [5.41, 5.74) is 29.1. The van der Waals surface area contributed by atoms with Crippen LogP contribution in [0.15, 0.2) is 400 Å². The molecule has 24 aromatic rings. The lowest BCUT2D eigenvalue weighted by atomic mass is 9.98. The molecule has 0 spiro atoms. The highest BCUT2D eigenvalue weighted by Crippen LogP contribution is 2.47. The summed E-state index contributed by atoms with van der Waals surface area (Å²) in [7, 11) is 0. The molecule has 582 valence electrons. The van der Waals surface area contributed by atoms with Crippen LogP contribution < -0.4 is 0 Å². The minimum atomic E-state index is 0.635. The minimum Gasteiger partial charge on any atom is -0.309 e. The summed E-state index contributed by atoms with van der Waals surface area (Å²) in [4.78, 5) is 0. The fourth-order valence-electron chi connectivity index (χ4n) is 19.2. The van der Waals surface area contributed by atoms with Crippen molar-refractivity contribution in [2.45, 2.75) is 0 Å². The van der Waals surface area contributed by atoms with Gasteiger partial charge in [0.05, 0.1) is 135 Å². The molecule has 18 aromatic carbocycles. The number of nitrogens with zero attached hydrogens (tertiary/aromatic N) is 12. The molecule has 12 heteroatoms. The SMILES string of the molecule is N#Cc1cccc(-n2c3ccccc3c3cc(-c4cccc5c4c4ccccc4n5-c4cccc(C#N)c4)ccc32)c1.N#Cc1cccc(-n2c3ccccc3c3cc(-c4cccc5c4c4ccccc4n5-c4ccccc4C#N)ccc32)c1.N#Cc1ccccc1-n1c2ccccc2c2cc(-c3cccc4c3c3ccccc3n4-c3ccccc3C#N)ccc21. The molecular weight excluding hydrogens is 1540 g/mol. The van der Waals surface area contributed by atoms with Crippen molar-refractivity contribution in [3.05, 3.63) is 434 Å². The highest BCUT2D eigenvalue weighted by Gasteiger charge is 2.25. The van der Waals surface area contributed by atoms with Gasteiger partial charge < -0.3 is 27.4 Å². The molecule has 0 N–H and O–H groups in total. The molecule has 0 fully saturated rings. The van der Waals surface area contributed by atoms with Crippen molar-refractivity contribution in [2.75, 3.05) is 0 Å². The molecule has 12 nitrogen and oxygen atoms in total. The molecule has 0 amide bonds. The molecule has 0 saturated carbocycles. The number of para-hydroxylation sites is 9. The first-order chi connectivity index (χ1) is 62.3. The maximum atomic E-state index is 9.92. The lowest BCUT2D eigenvalue weighted by molar-refractivity contribution is 1.17. The van der Waals surface area contributed by atoms with Gasteiger partial charge in [0.15, 0.2) is 0 Å². The summed E-state index contributed by atoms with van der Waals surface area (Å²) >= 11 is 0. The standard InChI is InChI=1S/3C38H22N4/c39-23-26-10-1-5-15-32(26)41-34-17-7-3-12-29(34)31-22-25(20-21-36(31)41)28-14-9-19-37-38(28)30-13-4-8-18-35(30)42(37)33-16-6-2-11-27(33)24-40;39-23-25-9-7-11-28(21-25)41-34-16-5-2-12-30(34)32-22-26(19-20-36(32)41)29-14-8-18-37-38(29)31-13-3-6-17-35(31)42(37)33-15-4-1-10-27(33)24-40;39-23-25-8-5-10-28(20-25)41-34-15-3-1-12-31(34)33-22-27(18-19-36(33)41)30-14-7-17-37-38(30)32-13-2-4-16-35(32)42(37)29-11-6-9-26(21-29)24-40/h3*1-22H. The van der Waals surface area contributed by atoms with Crippen LogP contribution >= 0.6 is 0 Å². The summed E-state index contributed by atoms with van der Waals surface area (Å²) in [6.45, 7) is 0. The molecule has 0 aliphatic rings. The van der Waals surface area contributed by atoms with Gasteiger partial charge in [-0.25, -0.2) is 0 Å². The van der Waals surface area contributed by atoms with Crippen LogP contribution in [0.25, 0.3) is 198 Å². The van der Waals surface area contributed by atoms with Crippen molar-refractivity contribution in [1.29, 1.82) is 31.6 Å². The monoisotopic (exact) mass is 1600 g/mol.